The van der Waals surface area contributed by atoms with Crippen LogP contribution in [-0.4, -0.2) is 25.2 Å². The van der Waals surface area contributed by atoms with Crippen LogP contribution in [0, 0.1) is 11.3 Å². The Hall–Kier alpha value is -0.570. The number of carbonyl (C=O) groups is 1. The molecule has 0 aromatic heterocycles. The van der Waals surface area contributed by atoms with E-state index < -0.39 is 0 Å². The van der Waals surface area contributed by atoms with Gasteiger partial charge >= 0.3 is 5.97 Å². The molecule has 2 rings (SSSR count). The molecule has 0 amide bonds. The number of carbonyl (C=O) groups excluding carboxylic acids is 1. The molecule has 74 valence electrons. The highest BCUT2D eigenvalue weighted by Gasteiger charge is 2.65. The molecule has 13 heavy (non-hydrogen) atoms. The zero-order valence-corrected chi connectivity index (χ0v) is 8.52. The molecule has 1 saturated heterocycles. The SMILES string of the molecule is COC(=O)C1CC2(CCN2)C1(C)C. The van der Waals surface area contributed by atoms with Crippen molar-refractivity contribution in [3.05, 3.63) is 0 Å². The molecule has 1 spiro atoms. The quantitative estimate of drug-likeness (QED) is 0.615. The van der Waals surface area contributed by atoms with Gasteiger partial charge in [-0.2, -0.15) is 0 Å². The van der Waals surface area contributed by atoms with Gasteiger partial charge in [-0.15, -0.1) is 0 Å². The molecule has 1 N–H and O–H groups in total. The van der Waals surface area contributed by atoms with Crippen LogP contribution in [0.2, 0.25) is 0 Å². The van der Waals surface area contributed by atoms with Gasteiger partial charge in [0.2, 0.25) is 0 Å². The van der Waals surface area contributed by atoms with Crippen LogP contribution in [0.1, 0.15) is 26.7 Å². The maximum absolute atomic E-state index is 11.4. The highest BCUT2D eigenvalue weighted by molar-refractivity contribution is 5.75. The highest BCUT2D eigenvalue weighted by atomic mass is 16.5. The van der Waals surface area contributed by atoms with E-state index in [9.17, 15) is 4.79 Å². The Morgan fingerprint density at radius 3 is 2.46 bits per heavy atom. The summed E-state index contributed by atoms with van der Waals surface area (Å²) in [4.78, 5) is 11.4. The number of esters is 1. The van der Waals surface area contributed by atoms with E-state index in [0.29, 0.717) is 0 Å². The summed E-state index contributed by atoms with van der Waals surface area (Å²) in [6, 6.07) is 0. The minimum atomic E-state index is -0.0516. The second-order valence-corrected chi connectivity index (χ2v) is 4.76. The first-order valence-corrected chi connectivity index (χ1v) is 4.86. The normalized spacial score (nSPS) is 40.7. The van der Waals surface area contributed by atoms with Crippen LogP contribution in [0.4, 0.5) is 0 Å². The summed E-state index contributed by atoms with van der Waals surface area (Å²) in [5.74, 6) is 0.0367. The largest absolute Gasteiger partial charge is 0.469 e. The van der Waals surface area contributed by atoms with Gasteiger partial charge in [0, 0.05) is 5.54 Å². The van der Waals surface area contributed by atoms with E-state index in [1.165, 1.54) is 13.5 Å². The second-order valence-electron chi connectivity index (χ2n) is 4.76. The molecule has 0 radical (unpaired) electrons. The summed E-state index contributed by atoms with van der Waals surface area (Å²) in [5, 5.41) is 3.45. The standard InChI is InChI=1S/C10H17NO2/c1-9(2)7(8(12)13-3)6-10(9)4-5-11-10/h7,11H,4-6H2,1-3H3. The van der Waals surface area contributed by atoms with Crippen LogP contribution in [0.15, 0.2) is 0 Å². The van der Waals surface area contributed by atoms with Crippen molar-refractivity contribution in [3.63, 3.8) is 0 Å². The monoisotopic (exact) mass is 183 g/mol. The van der Waals surface area contributed by atoms with Crippen LogP contribution in [0.5, 0.6) is 0 Å². The van der Waals surface area contributed by atoms with Crippen molar-refractivity contribution >= 4 is 5.97 Å². The summed E-state index contributed by atoms with van der Waals surface area (Å²) >= 11 is 0. The Morgan fingerprint density at radius 2 is 2.15 bits per heavy atom. The molecule has 2 fully saturated rings. The highest BCUT2D eigenvalue weighted by Crippen LogP contribution is 2.58. The van der Waals surface area contributed by atoms with E-state index >= 15 is 0 Å². The van der Waals surface area contributed by atoms with Gasteiger partial charge < -0.3 is 10.1 Å². The van der Waals surface area contributed by atoms with Gasteiger partial charge in [-0.25, -0.2) is 0 Å². The number of ether oxygens (including phenoxy) is 1. The van der Waals surface area contributed by atoms with E-state index in [4.69, 9.17) is 4.74 Å². The molecule has 1 heterocycles. The number of nitrogens with one attached hydrogen (secondary N) is 1. The fourth-order valence-electron chi connectivity index (χ4n) is 2.74. The van der Waals surface area contributed by atoms with Crippen molar-refractivity contribution in [2.24, 2.45) is 11.3 Å². The maximum Gasteiger partial charge on any atom is 0.309 e. The third-order valence-electron chi connectivity index (χ3n) is 4.16. The van der Waals surface area contributed by atoms with Crippen molar-refractivity contribution in [1.82, 2.24) is 5.32 Å². The Bertz CT molecular complexity index is 243. The van der Waals surface area contributed by atoms with Gasteiger partial charge in [0.05, 0.1) is 13.0 Å². The fourth-order valence-corrected chi connectivity index (χ4v) is 2.74. The Morgan fingerprint density at radius 1 is 1.54 bits per heavy atom. The van der Waals surface area contributed by atoms with Crippen molar-refractivity contribution in [1.29, 1.82) is 0 Å². The summed E-state index contributed by atoms with van der Waals surface area (Å²) in [5.41, 5.74) is 0.310. The molecule has 0 aromatic rings. The summed E-state index contributed by atoms with van der Waals surface area (Å²) in [7, 11) is 1.47. The van der Waals surface area contributed by atoms with Crippen LogP contribution < -0.4 is 5.32 Å². The molecule has 2 atom stereocenters. The predicted molar refractivity (Wildman–Crippen MR) is 49.3 cm³/mol. The van der Waals surface area contributed by atoms with Gasteiger partial charge in [-0.05, 0) is 24.8 Å². The average Bonchev–Trinajstić information content (AvgIpc) is 1.99. The van der Waals surface area contributed by atoms with E-state index in [2.05, 4.69) is 19.2 Å². The summed E-state index contributed by atoms with van der Waals surface area (Å²) in [6.07, 6.45) is 2.15. The lowest BCUT2D eigenvalue weighted by molar-refractivity contribution is -0.176. The van der Waals surface area contributed by atoms with Crippen LogP contribution in [0.25, 0.3) is 0 Å². The lowest BCUT2D eigenvalue weighted by Crippen LogP contribution is -2.76. The minimum absolute atomic E-state index is 0.0516. The Labute approximate surface area is 78.8 Å². The number of methoxy groups -OCH3 is 1. The molecule has 3 heteroatoms. The third-order valence-corrected chi connectivity index (χ3v) is 4.16. The molecule has 3 nitrogen and oxygen atoms in total. The first kappa shape index (κ1) is 9.00. The molecule has 2 unspecified atom stereocenters. The van der Waals surface area contributed by atoms with Crippen LogP contribution in [-0.2, 0) is 9.53 Å². The zero-order valence-electron chi connectivity index (χ0n) is 8.52. The zero-order chi connectivity index (χ0) is 9.69. The molecule has 0 aromatic carbocycles. The third kappa shape index (κ3) is 0.909. The maximum atomic E-state index is 11.4. The minimum Gasteiger partial charge on any atom is -0.469 e. The van der Waals surface area contributed by atoms with E-state index in [1.807, 2.05) is 0 Å². The second kappa shape index (κ2) is 2.47. The topological polar surface area (TPSA) is 38.3 Å². The Balaban J connectivity index is 2.09. The number of rotatable bonds is 1. The van der Waals surface area contributed by atoms with Gasteiger partial charge in [-0.1, -0.05) is 13.8 Å². The van der Waals surface area contributed by atoms with Crippen LogP contribution in [0.3, 0.4) is 0 Å². The summed E-state index contributed by atoms with van der Waals surface area (Å²) < 4.78 is 4.78. The van der Waals surface area contributed by atoms with E-state index in [0.717, 1.165) is 13.0 Å². The molecule has 2 aliphatic rings. The predicted octanol–water partition coefficient (Wildman–Crippen LogP) is 0.938. The van der Waals surface area contributed by atoms with Crippen molar-refractivity contribution in [2.75, 3.05) is 13.7 Å². The van der Waals surface area contributed by atoms with Crippen LogP contribution >= 0.6 is 0 Å². The lowest BCUT2D eigenvalue weighted by Gasteiger charge is -2.65. The van der Waals surface area contributed by atoms with Crippen molar-refractivity contribution < 1.29 is 9.53 Å². The van der Waals surface area contributed by atoms with Crippen molar-refractivity contribution in [2.45, 2.75) is 32.2 Å². The molecule has 1 aliphatic heterocycles. The lowest BCUT2D eigenvalue weighted by atomic mass is 9.46. The number of hydrogen-bond donors (Lipinski definition) is 1. The van der Waals surface area contributed by atoms with E-state index in [-0.39, 0.29) is 22.8 Å². The average molecular weight is 183 g/mol. The van der Waals surface area contributed by atoms with Gasteiger partial charge in [0.25, 0.3) is 0 Å². The molecule has 0 bridgehead atoms. The van der Waals surface area contributed by atoms with E-state index in [1.54, 1.807) is 0 Å². The smallest absolute Gasteiger partial charge is 0.309 e. The van der Waals surface area contributed by atoms with Crippen molar-refractivity contribution in [3.8, 4) is 0 Å². The van der Waals surface area contributed by atoms with Gasteiger partial charge in [-0.3, -0.25) is 4.79 Å². The molecule has 1 aliphatic carbocycles. The summed E-state index contributed by atoms with van der Waals surface area (Å²) in [6.45, 7) is 5.41. The fraction of sp³-hybridized carbons (Fsp3) is 0.900. The first-order valence-electron chi connectivity index (χ1n) is 4.86. The number of hydrogen-bond acceptors (Lipinski definition) is 3. The molecular formula is C10H17NO2. The Kier molecular flexibility index (Phi) is 1.71. The molecular weight excluding hydrogens is 166 g/mol. The van der Waals surface area contributed by atoms with Gasteiger partial charge in [0.15, 0.2) is 0 Å². The first-order chi connectivity index (χ1) is 6.03. The molecule has 1 saturated carbocycles. The van der Waals surface area contributed by atoms with Gasteiger partial charge in [0.1, 0.15) is 0 Å².